The van der Waals surface area contributed by atoms with E-state index in [-0.39, 0.29) is 6.10 Å². The fourth-order valence-electron chi connectivity index (χ4n) is 2.51. The molecule has 0 amide bonds. The van der Waals surface area contributed by atoms with E-state index in [2.05, 4.69) is 31.2 Å². The van der Waals surface area contributed by atoms with Crippen molar-refractivity contribution in [3.8, 4) is 0 Å². The topological polar surface area (TPSA) is 29.5 Å². The summed E-state index contributed by atoms with van der Waals surface area (Å²) in [6, 6.07) is 10.5. The summed E-state index contributed by atoms with van der Waals surface area (Å²) in [4.78, 5) is 0. The van der Waals surface area contributed by atoms with Crippen LogP contribution in [0.5, 0.6) is 0 Å². The fraction of sp³-hybridized carbons (Fsp3) is 0.600. The number of aryl methyl sites for hydroxylation is 1. The van der Waals surface area contributed by atoms with Gasteiger partial charge in [-0.1, -0.05) is 30.3 Å². The van der Waals surface area contributed by atoms with Gasteiger partial charge in [-0.25, -0.2) is 0 Å². The van der Waals surface area contributed by atoms with E-state index in [4.69, 9.17) is 4.74 Å². The Kier molecular flexibility index (Phi) is 4.57. The van der Waals surface area contributed by atoms with E-state index in [1.165, 1.54) is 5.56 Å². The van der Waals surface area contributed by atoms with Crippen molar-refractivity contribution >= 4 is 0 Å². The molecule has 0 radical (unpaired) electrons. The number of benzene rings is 1. The molecule has 17 heavy (non-hydrogen) atoms. The average Bonchev–Trinajstić information content (AvgIpc) is 2.77. The highest BCUT2D eigenvalue weighted by Crippen LogP contribution is 2.24. The maximum atomic E-state index is 10.1. The second-order valence-electron chi connectivity index (χ2n) is 5.08. The first-order valence-electron chi connectivity index (χ1n) is 6.59. The van der Waals surface area contributed by atoms with Gasteiger partial charge < -0.3 is 9.84 Å². The third-order valence-electron chi connectivity index (χ3n) is 3.58. The lowest BCUT2D eigenvalue weighted by Gasteiger charge is -2.16. The summed E-state index contributed by atoms with van der Waals surface area (Å²) in [6.45, 7) is 2.81. The molecular formula is C15H22O2. The maximum absolute atomic E-state index is 10.1. The normalized spacial score (nSPS) is 26.0. The first-order valence-corrected chi connectivity index (χ1v) is 6.59. The Morgan fingerprint density at radius 2 is 2.12 bits per heavy atom. The first-order chi connectivity index (χ1) is 8.25. The molecule has 0 spiro atoms. The van der Waals surface area contributed by atoms with Crippen molar-refractivity contribution in [2.75, 3.05) is 6.61 Å². The summed E-state index contributed by atoms with van der Waals surface area (Å²) in [5.41, 5.74) is 1.36. The zero-order chi connectivity index (χ0) is 12.1. The second-order valence-corrected chi connectivity index (χ2v) is 5.08. The van der Waals surface area contributed by atoms with Crippen LogP contribution in [0.15, 0.2) is 30.3 Å². The molecular weight excluding hydrogens is 212 g/mol. The minimum atomic E-state index is -0.191. The monoisotopic (exact) mass is 234 g/mol. The van der Waals surface area contributed by atoms with Crippen molar-refractivity contribution in [2.45, 2.75) is 44.8 Å². The van der Waals surface area contributed by atoms with Gasteiger partial charge in [0.1, 0.15) is 0 Å². The highest BCUT2D eigenvalue weighted by atomic mass is 16.5. The van der Waals surface area contributed by atoms with Crippen molar-refractivity contribution in [3.05, 3.63) is 35.9 Å². The molecule has 94 valence electrons. The van der Waals surface area contributed by atoms with E-state index in [0.29, 0.717) is 12.0 Å². The van der Waals surface area contributed by atoms with Crippen LogP contribution >= 0.6 is 0 Å². The lowest BCUT2D eigenvalue weighted by atomic mass is 9.94. The van der Waals surface area contributed by atoms with Crippen LogP contribution in [0.3, 0.4) is 0 Å². The van der Waals surface area contributed by atoms with E-state index in [0.717, 1.165) is 32.3 Å². The lowest BCUT2D eigenvalue weighted by Crippen LogP contribution is -2.20. The standard InChI is InChI=1S/C15H22O2/c1-12-10-14(11-17-12)15(16)9-5-8-13-6-3-2-4-7-13/h2-4,6-7,12,14-16H,5,8-11H2,1H3. The highest BCUT2D eigenvalue weighted by molar-refractivity contribution is 5.14. The maximum Gasteiger partial charge on any atom is 0.0591 e. The molecule has 1 N–H and O–H groups in total. The van der Waals surface area contributed by atoms with E-state index in [1.54, 1.807) is 0 Å². The minimum absolute atomic E-state index is 0.191. The summed E-state index contributed by atoms with van der Waals surface area (Å²) < 4.78 is 5.49. The van der Waals surface area contributed by atoms with E-state index < -0.39 is 0 Å². The van der Waals surface area contributed by atoms with Crippen LogP contribution in [0.4, 0.5) is 0 Å². The molecule has 0 saturated carbocycles. The largest absolute Gasteiger partial charge is 0.393 e. The Morgan fingerprint density at radius 3 is 2.76 bits per heavy atom. The smallest absolute Gasteiger partial charge is 0.0591 e. The molecule has 2 nitrogen and oxygen atoms in total. The van der Waals surface area contributed by atoms with Crippen molar-refractivity contribution in [2.24, 2.45) is 5.92 Å². The summed E-state index contributed by atoms with van der Waals surface area (Å²) in [7, 11) is 0. The van der Waals surface area contributed by atoms with Gasteiger partial charge in [-0.05, 0) is 38.2 Å². The molecule has 1 heterocycles. The van der Waals surface area contributed by atoms with Gasteiger partial charge in [0.2, 0.25) is 0 Å². The van der Waals surface area contributed by atoms with Gasteiger partial charge >= 0.3 is 0 Å². The Morgan fingerprint density at radius 1 is 1.35 bits per heavy atom. The molecule has 1 aromatic rings. The molecule has 1 saturated heterocycles. The Balaban J connectivity index is 1.68. The van der Waals surface area contributed by atoms with Crippen LogP contribution in [0, 0.1) is 5.92 Å². The molecule has 0 aromatic heterocycles. The van der Waals surface area contributed by atoms with Crippen LogP contribution in [-0.4, -0.2) is 23.9 Å². The van der Waals surface area contributed by atoms with Gasteiger partial charge in [-0.15, -0.1) is 0 Å². The van der Waals surface area contributed by atoms with Crippen LogP contribution in [0.1, 0.15) is 31.7 Å². The van der Waals surface area contributed by atoms with Crippen LogP contribution in [0.2, 0.25) is 0 Å². The molecule has 3 unspecified atom stereocenters. The predicted molar refractivity (Wildman–Crippen MR) is 68.9 cm³/mol. The van der Waals surface area contributed by atoms with Crippen LogP contribution < -0.4 is 0 Å². The number of hydrogen-bond acceptors (Lipinski definition) is 2. The number of hydrogen-bond donors (Lipinski definition) is 1. The third kappa shape index (κ3) is 3.83. The molecule has 2 rings (SSSR count). The SMILES string of the molecule is CC1CC(C(O)CCCc2ccccc2)CO1. The lowest BCUT2D eigenvalue weighted by molar-refractivity contribution is 0.0744. The average molecular weight is 234 g/mol. The van der Waals surface area contributed by atoms with Gasteiger partial charge in [-0.3, -0.25) is 0 Å². The summed E-state index contributed by atoms with van der Waals surface area (Å²) in [5.74, 6) is 0.348. The summed E-state index contributed by atoms with van der Waals surface area (Å²) >= 11 is 0. The Hall–Kier alpha value is -0.860. The van der Waals surface area contributed by atoms with Gasteiger partial charge in [0.05, 0.1) is 18.8 Å². The van der Waals surface area contributed by atoms with Crippen LogP contribution in [-0.2, 0) is 11.2 Å². The molecule has 1 aromatic carbocycles. The van der Waals surface area contributed by atoms with E-state index in [1.807, 2.05) is 6.07 Å². The summed E-state index contributed by atoms with van der Waals surface area (Å²) in [6.07, 6.45) is 4.13. The molecule has 1 fully saturated rings. The Labute approximate surface area is 104 Å². The number of aliphatic hydroxyl groups excluding tert-OH is 1. The van der Waals surface area contributed by atoms with Crippen molar-refractivity contribution in [1.82, 2.24) is 0 Å². The number of aliphatic hydroxyl groups is 1. The highest BCUT2D eigenvalue weighted by Gasteiger charge is 2.27. The van der Waals surface area contributed by atoms with Crippen LogP contribution in [0.25, 0.3) is 0 Å². The number of ether oxygens (including phenoxy) is 1. The summed E-state index contributed by atoms with van der Waals surface area (Å²) in [5, 5.41) is 10.1. The van der Waals surface area contributed by atoms with Crippen molar-refractivity contribution < 1.29 is 9.84 Å². The van der Waals surface area contributed by atoms with E-state index >= 15 is 0 Å². The van der Waals surface area contributed by atoms with Gasteiger partial charge in [0.25, 0.3) is 0 Å². The predicted octanol–water partition coefficient (Wildman–Crippen LogP) is 2.80. The van der Waals surface area contributed by atoms with Gasteiger partial charge in [0, 0.05) is 5.92 Å². The second kappa shape index (κ2) is 6.18. The van der Waals surface area contributed by atoms with Crippen molar-refractivity contribution in [3.63, 3.8) is 0 Å². The third-order valence-corrected chi connectivity index (χ3v) is 3.58. The molecule has 0 aliphatic carbocycles. The zero-order valence-electron chi connectivity index (χ0n) is 10.5. The van der Waals surface area contributed by atoms with Gasteiger partial charge in [-0.2, -0.15) is 0 Å². The fourth-order valence-corrected chi connectivity index (χ4v) is 2.51. The van der Waals surface area contributed by atoms with Gasteiger partial charge in [0.15, 0.2) is 0 Å². The molecule has 1 aliphatic rings. The molecule has 3 atom stereocenters. The number of rotatable bonds is 5. The van der Waals surface area contributed by atoms with E-state index in [9.17, 15) is 5.11 Å². The Bertz CT molecular complexity index is 323. The molecule has 2 heteroatoms. The molecule has 0 bridgehead atoms. The molecule has 1 aliphatic heterocycles. The zero-order valence-corrected chi connectivity index (χ0v) is 10.5. The quantitative estimate of drug-likeness (QED) is 0.849. The van der Waals surface area contributed by atoms with Crippen molar-refractivity contribution in [1.29, 1.82) is 0 Å². The first kappa shape index (κ1) is 12.6. The minimum Gasteiger partial charge on any atom is -0.393 e.